The molecular formula is C14H10F4O2. The van der Waals surface area contributed by atoms with Crippen LogP contribution in [0.3, 0.4) is 0 Å². The van der Waals surface area contributed by atoms with Crippen LogP contribution in [-0.2, 0) is 0 Å². The molecule has 0 unspecified atom stereocenters. The fraction of sp³-hybridized carbons (Fsp3) is 0.143. The summed E-state index contributed by atoms with van der Waals surface area (Å²) < 4.78 is 58.7. The van der Waals surface area contributed by atoms with Gasteiger partial charge in [-0.25, -0.2) is 4.39 Å². The minimum absolute atomic E-state index is 0.0677. The lowest BCUT2D eigenvalue weighted by Gasteiger charge is -2.10. The number of hydrogen-bond acceptors (Lipinski definition) is 2. The van der Waals surface area contributed by atoms with Gasteiger partial charge in [0, 0.05) is 5.56 Å². The van der Waals surface area contributed by atoms with Gasteiger partial charge >= 0.3 is 6.36 Å². The number of methoxy groups -OCH3 is 1. The molecule has 0 aromatic heterocycles. The predicted molar refractivity (Wildman–Crippen MR) is 65.1 cm³/mol. The lowest BCUT2D eigenvalue weighted by atomic mass is 10.0. The van der Waals surface area contributed by atoms with Gasteiger partial charge in [0.25, 0.3) is 0 Å². The van der Waals surface area contributed by atoms with Crippen molar-refractivity contribution in [3.8, 4) is 22.6 Å². The lowest BCUT2D eigenvalue weighted by molar-refractivity contribution is -0.274. The fourth-order valence-electron chi connectivity index (χ4n) is 1.73. The zero-order chi connectivity index (χ0) is 14.8. The summed E-state index contributed by atoms with van der Waals surface area (Å²) in [7, 11) is 1.34. The van der Waals surface area contributed by atoms with Crippen molar-refractivity contribution in [2.75, 3.05) is 7.11 Å². The average molecular weight is 286 g/mol. The average Bonchev–Trinajstić information content (AvgIpc) is 2.38. The van der Waals surface area contributed by atoms with Crippen LogP contribution < -0.4 is 9.47 Å². The van der Waals surface area contributed by atoms with Gasteiger partial charge in [-0.15, -0.1) is 13.2 Å². The molecule has 0 fully saturated rings. The summed E-state index contributed by atoms with van der Waals surface area (Å²) in [6, 6.07) is 9.51. The van der Waals surface area contributed by atoms with Gasteiger partial charge in [-0.3, -0.25) is 0 Å². The van der Waals surface area contributed by atoms with Crippen LogP contribution in [0.4, 0.5) is 17.6 Å². The quantitative estimate of drug-likeness (QED) is 0.779. The van der Waals surface area contributed by atoms with E-state index in [9.17, 15) is 17.6 Å². The van der Waals surface area contributed by atoms with E-state index in [0.29, 0.717) is 5.56 Å². The summed E-state index contributed by atoms with van der Waals surface area (Å²) in [5, 5.41) is 0. The zero-order valence-corrected chi connectivity index (χ0v) is 10.4. The third-order valence-corrected chi connectivity index (χ3v) is 2.58. The molecule has 20 heavy (non-hydrogen) atoms. The maximum absolute atomic E-state index is 14.0. The molecule has 0 aliphatic rings. The maximum atomic E-state index is 14.0. The highest BCUT2D eigenvalue weighted by Crippen LogP contribution is 2.31. The minimum Gasteiger partial charge on any atom is -0.494 e. The molecule has 6 heteroatoms. The Hall–Kier alpha value is -2.24. The second-order valence-electron chi connectivity index (χ2n) is 3.89. The van der Waals surface area contributed by atoms with Crippen LogP contribution >= 0.6 is 0 Å². The largest absolute Gasteiger partial charge is 0.573 e. The summed E-state index contributed by atoms with van der Waals surface area (Å²) >= 11 is 0. The number of rotatable bonds is 3. The van der Waals surface area contributed by atoms with Crippen molar-refractivity contribution in [1.29, 1.82) is 0 Å². The van der Waals surface area contributed by atoms with E-state index in [1.165, 1.54) is 31.4 Å². The van der Waals surface area contributed by atoms with Crippen LogP contribution in [0.5, 0.6) is 11.5 Å². The van der Waals surface area contributed by atoms with E-state index in [2.05, 4.69) is 4.74 Å². The van der Waals surface area contributed by atoms with Crippen molar-refractivity contribution in [2.24, 2.45) is 0 Å². The Bertz CT molecular complexity index is 591. The van der Waals surface area contributed by atoms with Crippen LogP contribution in [0.25, 0.3) is 11.1 Å². The molecule has 0 saturated carbocycles. The normalized spacial score (nSPS) is 11.2. The number of alkyl halides is 3. The van der Waals surface area contributed by atoms with Gasteiger partial charge in [-0.05, 0) is 23.8 Å². The van der Waals surface area contributed by atoms with Crippen LogP contribution in [0, 0.1) is 5.82 Å². The summed E-state index contributed by atoms with van der Waals surface area (Å²) in [5.74, 6) is -0.859. The maximum Gasteiger partial charge on any atom is 0.573 e. The number of hydrogen-bond donors (Lipinski definition) is 0. The Morgan fingerprint density at radius 3 is 2.15 bits per heavy atom. The zero-order valence-electron chi connectivity index (χ0n) is 10.4. The first kappa shape index (κ1) is 14.2. The summed E-state index contributed by atoms with van der Waals surface area (Å²) in [6.45, 7) is 0. The van der Waals surface area contributed by atoms with Crippen molar-refractivity contribution < 1.29 is 27.0 Å². The highest BCUT2D eigenvalue weighted by molar-refractivity contribution is 5.66. The van der Waals surface area contributed by atoms with E-state index in [1.807, 2.05) is 0 Å². The highest BCUT2D eigenvalue weighted by atomic mass is 19.4. The molecule has 0 heterocycles. The van der Waals surface area contributed by atoms with Crippen LogP contribution in [0.15, 0.2) is 42.5 Å². The third kappa shape index (κ3) is 3.20. The molecule has 0 atom stereocenters. The lowest BCUT2D eigenvalue weighted by Crippen LogP contribution is -2.16. The number of benzene rings is 2. The van der Waals surface area contributed by atoms with Crippen molar-refractivity contribution in [3.05, 3.63) is 48.3 Å². The summed E-state index contributed by atoms with van der Waals surface area (Å²) in [6.07, 6.45) is -4.75. The smallest absolute Gasteiger partial charge is 0.494 e. The van der Waals surface area contributed by atoms with Gasteiger partial charge < -0.3 is 9.47 Å². The Labute approximate surface area is 112 Å². The Balaban J connectivity index is 2.31. The van der Waals surface area contributed by atoms with E-state index in [0.717, 1.165) is 12.1 Å². The molecule has 2 nitrogen and oxygen atoms in total. The first-order valence-corrected chi connectivity index (χ1v) is 5.59. The Morgan fingerprint density at radius 2 is 1.60 bits per heavy atom. The van der Waals surface area contributed by atoms with Gasteiger partial charge in [-0.2, -0.15) is 0 Å². The van der Waals surface area contributed by atoms with Crippen molar-refractivity contribution in [2.45, 2.75) is 6.36 Å². The van der Waals surface area contributed by atoms with E-state index in [1.54, 1.807) is 6.07 Å². The minimum atomic E-state index is -4.75. The summed E-state index contributed by atoms with van der Waals surface area (Å²) in [5.41, 5.74) is 0.666. The van der Waals surface area contributed by atoms with Crippen LogP contribution in [-0.4, -0.2) is 13.5 Å². The van der Waals surface area contributed by atoms with E-state index < -0.39 is 12.2 Å². The molecule has 0 saturated heterocycles. The SMILES string of the molecule is COc1cccc(-c2ccc(OC(F)(F)F)cc2)c1F. The second-order valence-corrected chi connectivity index (χ2v) is 3.89. The molecule has 2 aromatic rings. The van der Waals surface area contributed by atoms with Crippen LogP contribution in [0.1, 0.15) is 0 Å². The van der Waals surface area contributed by atoms with Crippen molar-refractivity contribution >= 4 is 0 Å². The monoisotopic (exact) mass is 286 g/mol. The van der Waals surface area contributed by atoms with Gasteiger partial charge in [0.1, 0.15) is 5.75 Å². The first-order chi connectivity index (χ1) is 9.40. The molecule has 0 spiro atoms. The molecular weight excluding hydrogens is 276 g/mol. The van der Waals surface area contributed by atoms with Gasteiger partial charge in [0.05, 0.1) is 7.11 Å². The molecule has 0 bridgehead atoms. The molecule has 106 valence electrons. The molecule has 0 radical (unpaired) electrons. The predicted octanol–water partition coefficient (Wildman–Crippen LogP) is 4.40. The Morgan fingerprint density at radius 1 is 0.950 bits per heavy atom. The van der Waals surface area contributed by atoms with Crippen molar-refractivity contribution in [1.82, 2.24) is 0 Å². The molecule has 0 N–H and O–H groups in total. The Kier molecular flexibility index (Phi) is 3.83. The third-order valence-electron chi connectivity index (χ3n) is 2.58. The first-order valence-electron chi connectivity index (χ1n) is 5.59. The second kappa shape index (κ2) is 5.40. The topological polar surface area (TPSA) is 18.5 Å². The number of ether oxygens (including phenoxy) is 2. The molecule has 0 aliphatic heterocycles. The highest BCUT2D eigenvalue weighted by Gasteiger charge is 2.31. The molecule has 0 amide bonds. The molecule has 2 aromatic carbocycles. The molecule has 2 rings (SSSR count). The van der Waals surface area contributed by atoms with E-state index in [4.69, 9.17) is 4.74 Å². The van der Waals surface area contributed by atoms with Crippen molar-refractivity contribution in [3.63, 3.8) is 0 Å². The van der Waals surface area contributed by atoms with Gasteiger partial charge in [-0.1, -0.05) is 24.3 Å². The van der Waals surface area contributed by atoms with E-state index >= 15 is 0 Å². The summed E-state index contributed by atoms with van der Waals surface area (Å²) in [4.78, 5) is 0. The van der Waals surface area contributed by atoms with Gasteiger partial charge in [0.2, 0.25) is 0 Å². The van der Waals surface area contributed by atoms with Gasteiger partial charge in [0.15, 0.2) is 11.6 Å². The standard InChI is InChI=1S/C14H10F4O2/c1-19-12-4-2-3-11(13(12)15)9-5-7-10(8-6-9)20-14(16,17)18/h2-8H,1H3. The van der Waals surface area contributed by atoms with E-state index in [-0.39, 0.29) is 17.1 Å². The fourth-order valence-corrected chi connectivity index (χ4v) is 1.73. The molecule has 0 aliphatic carbocycles. The number of halogens is 4. The van der Waals surface area contributed by atoms with Crippen LogP contribution in [0.2, 0.25) is 0 Å².